The van der Waals surface area contributed by atoms with Crippen LogP contribution in [-0.4, -0.2) is 49.1 Å². The van der Waals surface area contributed by atoms with Gasteiger partial charge in [0.1, 0.15) is 0 Å². The van der Waals surface area contributed by atoms with E-state index in [-0.39, 0.29) is 5.54 Å². The Bertz CT molecular complexity index is 465. The Morgan fingerprint density at radius 1 is 1.20 bits per heavy atom. The highest BCUT2D eigenvalue weighted by molar-refractivity contribution is 5.38. The molecule has 1 heterocycles. The van der Waals surface area contributed by atoms with Gasteiger partial charge in [0, 0.05) is 32.2 Å². The lowest BCUT2D eigenvalue weighted by Crippen LogP contribution is -2.61. The molecule has 1 saturated heterocycles. The molecule has 0 amide bonds. The number of nitrogens with zero attached hydrogens (tertiary/aromatic N) is 2. The zero-order valence-electron chi connectivity index (χ0n) is 12.8. The number of hydrogen-bond acceptors (Lipinski definition) is 3. The normalized spacial score (nSPS) is 32.0. The van der Waals surface area contributed by atoms with Crippen molar-refractivity contribution in [1.29, 1.82) is 0 Å². The highest BCUT2D eigenvalue weighted by Gasteiger charge is 2.42. The van der Waals surface area contributed by atoms with Crippen molar-refractivity contribution in [2.75, 3.05) is 33.2 Å². The number of rotatable bonds is 2. The molecule has 20 heavy (non-hydrogen) atoms. The number of piperazine rings is 1. The van der Waals surface area contributed by atoms with Crippen LogP contribution in [0.5, 0.6) is 0 Å². The zero-order chi connectivity index (χ0) is 14.2. The van der Waals surface area contributed by atoms with E-state index in [9.17, 15) is 0 Å². The third kappa shape index (κ3) is 2.28. The van der Waals surface area contributed by atoms with E-state index >= 15 is 0 Å². The van der Waals surface area contributed by atoms with E-state index in [4.69, 9.17) is 5.73 Å². The van der Waals surface area contributed by atoms with E-state index in [1.54, 1.807) is 0 Å². The first-order chi connectivity index (χ1) is 9.65. The van der Waals surface area contributed by atoms with Crippen LogP contribution in [0.2, 0.25) is 0 Å². The molecule has 3 rings (SSSR count). The SMILES string of the molecule is CCC1(N)c2ccccc2CCC1N1CCN(C)CC1. The molecule has 110 valence electrons. The molecule has 0 radical (unpaired) electrons. The smallest absolute Gasteiger partial charge is 0.0567 e. The molecule has 1 aliphatic heterocycles. The molecule has 1 aliphatic carbocycles. The molecule has 0 bridgehead atoms. The van der Waals surface area contributed by atoms with Crippen LogP contribution in [0.1, 0.15) is 30.9 Å². The fourth-order valence-electron chi connectivity index (χ4n) is 3.99. The van der Waals surface area contributed by atoms with Gasteiger partial charge >= 0.3 is 0 Å². The predicted octanol–water partition coefficient (Wildman–Crippen LogP) is 1.81. The molecule has 0 aromatic heterocycles. The van der Waals surface area contributed by atoms with E-state index in [1.807, 2.05) is 0 Å². The first-order valence-corrected chi connectivity index (χ1v) is 7.95. The summed E-state index contributed by atoms with van der Waals surface area (Å²) in [4.78, 5) is 5.05. The van der Waals surface area contributed by atoms with Gasteiger partial charge in [-0.3, -0.25) is 4.90 Å². The van der Waals surface area contributed by atoms with Crippen LogP contribution >= 0.6 is 0 Å². The first kappa shape index (κ1) is 14.1. The largest absolute Gasteiger partial charge is 0.320 e. The molecule has 2 atom stereocenters. The standard InChI is InChI=1S/C17H27N3/c1-3-17(18)15-7-5-4-6-14(15)8-9-16(17)20-12-10-19(2)11-13-20/h4-7,16H,3,8-13,18H2,1-2H3. The van der Waals surface area contributed by atoms with Crippen molar-refractivity contribution in [1.82, 2.24) is 9.80 Å². The van der Waals surface area contributed by atoms with Gasteiger partial charge in [0.05, 0.1) is 5.54 Å². The summed E-state index contributed by atoms with van der Waals surface area (Å²) in [6.45, 7) is 6.88. The van der Waals surface area contributed by atoms with Gasteiger partial charge in [-0.25, -0.2) is 0 Å². The maximum absolute atomic E-state index is 6.92. The van der Waals surface area contributed by atoms with Gasteiger partial charge in [0.15, 0.2) is 0 Å². The van der Waals surface area contributed by atoms with Crippen LogP contribution in [0.4, 0.5) is 0 Å². The number of hydrogen-bond donors (Lipinski definition) is 1. The molecule has 3 nitrogen and oxygen atoms in total. The summed E-state index contributed by atoms with van der Waals surface area (Å²) in [5.74, 6) is 0. The lowest BCUT2D eigenvalue weighted by molar-refractivity contribution is 0.0538. The average molecular weight is 273 g/mol. The van der Waals surface area contributed by atoms with Gasteiger partial charge in [0.2, 0.25) is 0 Å². The fraction of sp³-hybridized carbons (Fsp3) is 0.647. The van der Waals surface area contributed by atoms with Gasteiger partial charge < -0.3 is 10.6 Å². The van der Waals surface area contributed by atoms with Gasteiger partial charge in [-0.2, -0.15) is 0 Å². The van der Waals surface area contributed by atoms with Crippen LogP contribution in [0.15, 0.2) is 24.3 Å². The highest BCUT2D eigenvalue weighted by atomic mass is 15.3. The highest BCUT2D eigenvalue weighted by Crippen LogP contribution is 2.38. The number of nitrogens with two attached hydrogens (primary N) is 1. The van der Waals surface area contributed by atoms with E-state index in [0.717, 1.165) is 32.6 Å². The summed E-state index contributed by atoms with van der Waals surface area (Å²) in [5.41, 5.74) is 9.60. The maximum Gasteiger partial charge on any atom is 0.0567 e. The summed E-state index contributed by atoms with van der Waals surface area (Å²) >= 11 is 0. The minimum absolute atomic E-state index is 0.176. The molecule has 2 aliphatic rings. The third-order valence-corrected chi connectivity index (χ3v) is 5.36. The van der Waals surface area contributed by atoms with E-state index in [1.165, 1.54) is 24.0 Å². The quantitative estimate of drug-likeness (QED) is 0.892. The molecule has 0 spiro atoms. The zero-order valence-corrected chi connectivity index (χ0v) is 12.8. The van der Waals surface area contributed by atoms with Crippen LogP contribution in [0.25, 0.3) is 0 Å². The van der Waals surface area contributed by atoms with Crippen molar-refractivity contribution in [3.63, 3.8) is 0 Å². The van der Waals surface area contributed by atoms with Gasteiger partial charge in [-0.1, -0.05) is 31.2 Å². The van der Waals surface area contributed by atoms with Crippen LogP contribution in [0.3, 0.4) is 0 Å². The Hall–Kier alpha value is -0.900. The van der Waals surface area contributed by atoms with E-state index in [2.05, 4.69) is 48.0 Å². The maximum atomic E-state index is 6.92. The Morgan fingerprint density at radius 2 is 1.90 bits per heavy atom. The monoisotopic (exact) mass is 273 g/mol. The molecular formula is C17H27N3. The topological polar surface area (TPSA) is 32.5 Å². The number of likely N-dealkylation sites (N-methyl/N-ethyl adjacent to an activating group) is 1. The second kappa shape index (κ2) is 5.47. The Kier molecular flexibility index (Phi) is 3.85. The molecule has 0 saturated carbocycles. The fourth-order valence-corrected chi connectivity index (χ4v) is 3.99. The molecule has 1 aromatic rings. The molecular weight excluding hydrogens is 246 g/mol. The summed E-state index contributed by atoms with van der Waals surface area (Å²) in [6, 6.07) is 9.29. The number of fused-ring (bicyclic) bond motifs is 1. The average Bonchev–Trinajstić information content (AvgIpc) is 2.49. The van der Waals surface area contributed by atoms with E-state index in [0.29, 0.717) is 6.04 Å². The van der Waals surface area contributed by atoms with Crippen molar-refractivity contribution >= 4 is 0 Å². The molecule has 2 unspecified atom stereocenters. The molecule has 1 fully saturated rings. The molecule has 2 N–H and O–H groups in total. The minimum Gasteiger partial charge on any atom is -0.320 e. The first-order valence-electron chi connectivity index (χ1n) is 7.95. The van der Waals surface area contributed by atoms with Crippen molar-refractivity contribution in [3.8, 4) is 0 Å². The number of aryl methyl sites for hydroxylation is 1. The summed E-state index contributed by atoms with van der Waals surface area (Å²) < 4.78 is 0. The van der Waals surface area contributed by atoms with Gasteiger partial charge in [-0.15, -0.1) is 0 Å². The van der Waals surface area contributed by atoms with Gasteiger partial charge in [0.25, 0.3) is 0 Å². The van der Waals surface area contributed by atoms with Crippen LogP contribution in [-0.2, 0) is 12.0 Å². The molecule has 1 aromatic carbocycles. The van der Waals surface area contributed by atoms with Crippen LogP contribution in [0, 0.1) is 0 Å². The van der Waals surface area contributed by atoms with E-state index < -0.39 is 0 Å². The second-order valence-corrected chi connectivity index (χ2v) is 6.44. The third-order valence-electron chi connectivity index (χ3n) is 5.36. The lowest BCUT2D eigenvalue weighted by Gasteiger charge is -2.49. The summed E-state index contributed by atoms with van der Waals surface area (Å²) in [5, 5.41) is 0. The Labute approximate surface area is 122 Å². The Balaban J connectivity index is 1.89. The summed E-state index contributed by atoms with van der Waals surface area (Å²) in [6.07, 6.45) is 3.39. The summed E-state index contributed by atoms with van der Waals surface area (Å²) in [7, 11) is 2.21. The molecule has 3 heteroatoms. The van der Waals surface area contributed by atoms with Crippen molar-refractivity contribution < 1.29 is 0 Å². The Morgan fingerprint density at radius 3 is 2.60 bits per heavy atom. The van der Waals surface area contributed by atoms with Crippen molar-refractivity contribution in [2.24, 2.45) is 5.73 Å². The lowest BCUT2D eigenvalue weighted by atomic mass is 9.71. The minimum atomic E-state index is -0.176. The van der Waals surface area contributed by atoms with Gasteiger partial charge in [-0.05, 0) is 37.4 Å². The van der Waals surface area contributed by atoms with Crippen molar-refractivity contribution in [2.45, 2.75) is 37.8 Å². The second-order valence-electron chi connectivity index (χ2n) is 6.44. The van der Waals surface area contributed by atoms with Crippen molar-refractivity contribution in [3.05, 3.63) is 35.4 Å². The van der Waals surface area contributed by atoms with Crippen LogP contribution < -0.4 is 5.73 Å². The number of benzene rings is 1. The predicted molar refractivity (Wildman–Crippen MR) is 83.8 cm³/mol.